The summed E-state index contributed by atoms with van der Waals surface area (Å²) in [7, 11) is 3.91. The number of rotatable bonds is 6. The molecule has 1 amide bonds. The van der Waals surface area contributed by atoms with E-state index < -0.39 is 11.6 Å². The van der Waals surface area contributed by atoms with Crippen LogP contribution in [0.5, 0.6) is 0 Å². The molecule has 0 spiro atoms. The number of nitrogens with one attached hydrogen (secondary N) is 1. The number of amides is 1. The predicted octanol–water partition coefficient (Wildman–Crippen LogP) is 5.40. The van der Waals surface area contributed by atoms with Crippen LogP contribution in [0, 0.1) is 0 Å². The van der Waals surface area contributed by atoms with E-state index in [0.29, 0.717) is 47.4 Å². The summed E-state index contributed by atoms with van der Waals surface area (Å²) in [5, 5.41) is 3.61. The third-order valence-electron chi connectivity index (χ3n) is 5.81. The maximum Gasteiger partial charge on any atom is 0.234 e. The first-order chi connectivity index (χ1) is 14.3. The molecule has 4 rings (SSSR count). The number of unbranched alkanes of at least 4 members (excludes halogenated alkanes) is 1. The van der Waals surface area contributed by atoms with Gasteiger partial charge in [-0.1, -0.05) is 28.0 Å². The zero-order valence-corrected chi connectivity index (χ0v) is 19.0. The fraction of sp³-hybridized carbons (Fsp3) is 0.522. The number of carbonyl (C=O) groups excluding carboxylic acids is 3. The molecule has 1 aliphatic carbocycles. The Morgan fingerprint density at radius 3 is 2.80 bits per heavy atom. The highest BCUT2D eigenvalue weighted by molar-refractivity contribution is 8.77. The summed E-state index contributed by atoms with van der Waals surface area (Å²) in [4.78, 5) is 37.6. The van der Waals surface area contributed by atoms with Gasteiger partial charge in [0, 0.05) is 39.8 Å². The quantitative estimate of drug-likeness (QED) is 0.359. The molecule has 30 heavy (non-hydrogen) atoms. The summed E-state index contributed by atoms with van der Waals surface area (Å²) in [5.41, 5.74) is 1.60. The number of hydrogen-bond donors (Lipinski definition) is 1. The van der Waals surface area contributed by atoms with Crippen molar-refractivity contribution in [2.75, 3.05) is 11.1 Å². The minimum absolute atomic E-state index is 0.0621. The van der Waals surface area contributed by atoms with Crippen molar-refractivity contribution >= 4 is 50.5 Å². The maximum absolute atomic E-state index is 12.7. The molecular weight excluding hydrogens is 418 g/mol. The molecule has 1 saturated heterocycles. The van der Waals surface area contributed by atoms with Crippen molar-refractivity contribution in [3.8, 4) is 0 Å². The van der Waals surface area contributed by atoms with Crippen LogP contribution in [-0.2, 0) is 14.3 Å². The largest absolute Gasteiger partial charge is 0.487 e. The van der Waals surface area contributed by atoms with Crippen LogP contribution in [0.2, 0.25) is 0 Å². The fourth-order valence-electron chi connectivity index (χ4n) is 4.08. The van der Waals surface area contributed by atoms with E-state index in [4.69, 9.17) is 4.74 Å². The van der Waals surface area contributed by atoms with Crippen molar-refractivity contribution < 1.29 is 19.1 Å². The van der Waals surface area contributed by atoms with Crippen molar-refractivity contribution in [2.45, 2.75) is 69.6 Å². The number of ketones is 2. The topological polar surface area (TPSA) is 72.5 Å². The molecule has 1 N–H and O–H groups in total. The van der Waals surface area contributed by atoms with E-state index in [1.54, 1.807) is 18.2 Å². The standard InChI is InChI=1S/C23H27NO4S2/c1-23(2)11-9-17-20(26)21(27)18-13-14(7-8-16(18)22(17)28-23)24-19(25)6-4-3-5-15-10-12-29-30-15/h7-8,13,15H,3-6,9-12H2,1-2H3,(H,24,25)/t15-/m1/s1. The van der Waals surface area contributed by atoms with Crippen LogP contribution in [0.1, 0.15) is 74.7 Å². The number of carbonyl (C=O) groups is 3. The smallest absolute Gasteiger partial charge is 0.234 e. The van der Waals surface area contributed by atoms with E-state index in [1.807, 2.05) is 35.4 Å². The predicted molar refractivity (Wildman–Crippen MR) is 123 cm³/mol. The molecule has 160 valence electrons. The lowest BCUT2D eigenvalue weighted by Gasteiger charge is -2.36. The van der Waals surface area contributed by atoms with Gasteiger partial charge in [-0.05, 0) is 64.2 Å². The molecule has 0 bridgehead atoms. The van der Waals surface area contributed by atoms with Crippen molar-refractivity contribution in [3.63, 3.8) is 0 Å². The van der Waals surface area contributed by atoms with Crippen LogP contribution in [-0.4, -0.2) is 34.1 Å². The molecule has 0 unspecified atom stereocenters. The molecular formula is C23H27NO4S2. The number of allylic oxidation sites excluding steroid dienone is 1. The number of benzene rings is 1. The Bertz CT molecular complexity index is 916. The van der Waals surface area contributed by atoms with E-state index in [0.717, 1.165) is 24.5 Å². The number of hydrogen-bond acceptors (Lipinski definition) is 6. The van der Waals surface area contributed by atoms with E-state index in [2.05, 4.69) is 5.32 Å². The molecule has 1 aromatic carbocycles. The van der Waals surface area contributed by atoms with Crippen molar-refractivity contribution in [3.05, 3.63) is 34.9 Å². The second kappa shape index (κ2) is 8.79. The Morgan fingerprint density at radius 2 is 2.03 bits per heavy atom. The second-order valence-electron chi connectivity index (χ2n) is 8.71. The average molecular weight is 446 g/mol. The van der Waals surface area contributed by atoms with Crippen molar-refractivity contribution in [1.29, 1.82) is 0 Å². The van der Waals surface area contributed by atoms with E-state index in [9.17, 15) is 14.4 Å². The molecule has 5 nitrogen and oxygen atoms in total. The van der Waals surface area contributed by atoms with E-state index >= 15 is 0 Å². The van der Waals surface area contributed by atoms with Crippen LogP contribution in [0.15, 0.2) is 23.8 Å². The fourth-order valence-corrected chi connectivity index (χ4v) is 7.10. The van der Waals surface area contributed by atoms with Crippen molar-refractivity contribution in [2.24, 2.45) is 0 Å². The molecule has 1 atom stereocenters. The Morgan fingerprint density at radius 1 is 1.20 bits per heavy atom. The molecule has 2 heterocycles. The lowest BCUT2D eigenvalue weighted by molar-refractivity contribution is -0.116. The molecule has 0 saturated carbocycles. The first-order valence-corrected chi connectivity index (χ1v) is 13.0. The van der Waals surface area contributed by atoms with E-state index in [1.165, 1.54) is 12.2 Å². The number of fused-ring (bicyclic) bond motifs is 2. The monoisotopic (exact) mass is 445 g/mol. The average Bonchev–Trinajstić information content (AvgIpc) is 3.22. The van der Waals surface area contributed by atoms with Gasteiger partial charge in [-0.15, -0.1) is 0 Å². The highest BCUT2D eigenvalue weighted by Crippen LogP contribution is 2.42. The Balaban J connectivity index is 1.41. The summed E-state index contributed by atoms with van der Waals surface area (Å²) in [6.07, 6.45) is 6.04. The van der Waals surface area contributed by atoms with Gasteiger partial charge in [-0.3, -0.25) is 14.4 Å². The van der Waals surface area contributed by atoms with Gasteiger partial charge in [-0.25, -0.2) is 0 Å². The summed E-state index contributed by atoms with van der Waals surface area (Å²) in [5.74, 6) is 0.685. The lowest BCUT2D eigenvalue weighted by atomic mass is 9.82. The van der Waals surface area contributed by atoms with Crippen LogP contribution in [0.25, 0.3) is 5.76 Å². The molecule has 1 aromatic rings. The zero-order chi connectivity index (χ0) is 21.3. The third-order valence-corrected chi connectivity index (χ3v) is 8.82. The molecule has 3 aliphatic rings. The number of Topliss-reactive ketones (excluding diaryl/α,β-unsaturated/α-hetero) is 2. The first kappa shape index (κ1) is 21.5. The van der Waals surface area contributed by atoms with E-state index in [-0.39, 0.29) is 11.5 Å². The normalized spacial score (nSPS) is 22.4. The summed E-state index contributed by atoms with van der Waals surface area (Å²) in [6, 6.07) is 5.16. The van der Waals surface area contributed by atoms with Gasteiger partial charge in [0.25, 0.3) is 0 Å². The minimum atomic E-state index is -0.518. The highest BCUT2D eigenvalue weighted by Gasteiger charge is 2.39. The van der Waals surface area contributed by atoms with Gasteiger partial charge >= 0.3 is 0 Å². The summed E-state index contributed by atoms with van der Waals surface area (Å²) in [6.45, 7) is 3.96. The highest BCUT2D eigenvalue weighted by atomic mass is 33.1. The SMILES string of the molecule is CC1(C)CCC2=C(O1)c1ccc(NC(=O)CCCC[C@@H]3CCSS3)cc1C(=O)C2=O. The Labute approximate surface area is 185 Å². The van der Waals surface area contributed by atoms with Crippen molar-refractivity contribution in [1.82, 2.24) is 0 Å². The first-order valence-electron chi connectivity index (χ1n) is 10.6. The molecule has 2 aliphatic heterocycles. The lowest BCUT2D eigenvalue weighted by Crippen LogP contribution is -2.34. The maximum atomic E-state index is 12.7. The summed E-state index contributed by atoms with van der Waals surface area (Å²) < 4.78 is 6.07. The van der Waals surface area contributed by atoms with Crippen LogP contribution in [0.4, 0.5) is 5.69 Å². The van der Waals surface area contributed by atoms with Gasteiger partial charge < -0.3 is 10.1 Å². The van der Waals surface area contributed by atoms with Gasteiger partial charge in [-0.2, -0.15) is 0 Å². The molecule has 1 fully saturated rings. The number of ether oxygens (including phenoxy) is 1. The zero-order valence-electron chi connectivity index (χ0n) is 17.4. The van der Waals surface area contributed by atoms with Crippen LogP contribution in [0.3, 0.4) is 0 Å². The van der Waals surface area contributed by atoms with Crippen LogP contribution < -0.4 is 5.32 Å². The Kier molecular flexibility index (Phi) is 6.30. The molecule has 0 aromatic heterocycles. The molecule has 0 radical (unpaired) electrons. The Hall–Kier alpha value is -1.73. The van der Waals surface area contributed by atoms with Gasteiger partial charge in [0.15, 0.2) is 0 Å². The van der Waals surface area contributed by atoms with Gasteiger partial charge in [0.05, 0.1) is 0 Å². The van der Waals surface area contributed by atoms with Gasteiger partial charge in [0.2, 0.25) is 17.5 Å². The second-order valence-corrected chi connectivity index (χ2v) is 11.5. The molecule has 7 heteroatoms. The third kappa shape index (κ3) is 4.62. The summed E-state index contributed by atoms with van der Waals surface area (Å²) >= 11 is 0. The number of anilines is 1. The minimum Gasteiger partial charge on any atom is -0.487 e. The van der Waals surface area contributed by atoms with Crippen LogP contribution >= 0.6 is 21.6 Å². The van der Waals surface area contributed by atoms with Gasteiger partial charge in [0.1, 0.15) is 11.4 Å².